The van der Waals surface area contributed by atoms with E-state index in [9.17, 15) is 4.79 Å². The van der Waals surface area contributed by atoms with Crippen LogP contribution in [0.5, 0.6) is 0 Å². The largest absolute Gasteiger partial charge is 0.463 e. The molecule has 2 aliphatic rings. The zero-order chi connectivity index (χ0) is 14.6. The fraction of sp³-hybridized carbons (Fsp3) is 0.706. The summed E-state index contributed by atoms with van der Waals surface area (Å²) < 4.78 is 5.49. The summed E-state index contributed by atoms with van der Waals surface area (Å²) >= 11 is 0. The van der Waals surface area contributed by atoms with Gasteiger partial charge in [0.2, 0.25) is 0 Å². The summed E-state index contributed by atoms with van der Waals surface area (Å²) in [6, 6.07) is 0.230. The first kappa shape index (κ1) is 15.3. The summed E-state index contributed by atoms with van der Waals surface area (Å²) in [7, 11) is 0. The van der Waals surface area contributed by atoms with Gasteiger partial charge < -0.3 is 4.74 Å². The molecule has 0 aromatic heterocycles. The van der Waals surface area contributed by atoms with Crippen molar-refractivity contribution in [1.29, 1.82) is 0 Å². The van der Waals surface area contributed by atoms with Crippen LogP contribution >= 0.6 is 0 Å². The molecule has 3 nitrogen and oxygen atoms in total. The molecule has 20 heavy (non-hydrogen) atoms. The highest BCUT2D eigenvalue weighted by Gasteiger charge is 2.43. The van der Waals surface area contributed by atoms with Gasteiger partial charge in [-0.15, -0.1) is 0 Å². The predicted octanol–water partition coefficient (Wildman–Crippen LogP) is 3.22. The van der Waals surface area contributed by atoms with E-state index >= 15 is 0 Å². The van der Waals surface area contributed by atoms with Gasteiger partial charge >= 0.3 is 5.97 Å². The summed E-state index contributed by atoms with van der Waals surface area (Å²) in [5.41, 5.74) is -0.533. The lowest BCUT2D eigenvalue weighted by molar-refractivity contribution is -0.160. The van der Waals surface area contributed by atoms with Gasteiger partial charge in [0, 0.05) is 6.04 Å². The van der Waals surface area contributed by atoms with Crippen LogP contribution in [0, 0.1) is 11.8 Å². The Morgan fingerprint density at radius 2 is 2.15 bits per heavy atom. The van der Waals surface area contributed by atoms with E-state index < -0.39 is 5.54 Å². The molecule has 1 unspecified atom stereocenters. The van der Waals surface area contributed by atoms with Crippen molar-refractivity contribution in [3.8, 4) is 0 Å². The van der Waals surface area contributed by atoms with Gasteiger partial charge in [-0.1, -0.05) is 51.0 Å². The zero-order valence-electron chi connectivity index (χ0n) is 12.9. The summed E-state index contributed by atoms with van der Waals surface area (Å²) in [4.78, 5) is 12.2. The fourth-order valence-corrected chi connectivity index (χ4v) is 3.26. The van der Waals surface area contributed by atoms with E-state index in [2.05, 4.69) is 43.5 Å². The molecule has 1 heterocycles. The average molecular weight is 277 g/mol. The van der Waals surface area contributed by atoms with Crippen LogP contribution in [0.1, 0.15) is 46.5 Å². The van der Waals surface area contributed by atoms with Crippen molar-refractivity contribution in [3.05, 3.63) is 24.3 Å². The Hall–Kier alpha value is -1.09. The number of rotatable bonds is 5. The topological polar surface area (TPSA) is 38.3 Å². The van der Waals surface area contributed by atoms with E-state index in [1.54, 1.807) is 0 Å². The highest BCUT2D eigenvalue weighted by Crippen LogP contribution is 2.29. The molecular formula is C17H27NO2. The number of hydrogen-bond acceptors (Lipinski definition) is 3. The number of hydrogen-bond donors (Lipinski definition) is 1. The van der Waals surface area contributed by atoms with Gasteiger partial charge in [-0.3, -0.25) is 10.1 Å². The Morgan fingerprint density at radius 3 is 2.75 bits per heavy atom. The van der Waals surface area contributed by atoms with Gasteiger partial charge in [0.15, 0.2) is 0 Å². The standard InChI is InChI=1S/C17H27NO2/c1-4-13(5-2)11-17(3)16(19)20-12-15(18-17)14-9-7-6-8-10-14/h6-9,13-15,18H,4-5,10-12H2,1-3H3/t14?,15-,17+/m1/s1. The van der Waals surface area contributed by atoms with E-state index in [0.717, 1.165) is 25.7 Å². The van der Waals surface area contributed by atoms with E-state index in [0.29, 0.717) is 18.4 Å². The number of carbonyl (C=O) groups excluding carboxylic acids is 1. The van der Waals surface area contributed by atoms with Crippen LogP contribution < -0.4 is 5.32 Å². The molecule has 1 aliphatic carbocycles. The molecule has 1 fully saturated rings. The van der Waals surface area contributed by atoms with Gasteiger partial charge in [0.05, 0.1) is 0 Å². The normalized spacial score (nSPS) is 33.5. The minimum Gasteiger partial charge on any atom is -0.463 e. The number of allylic oxidation sites excluding steroid dienone is 3. The maximum absolute atomic E-state index is 12.2. The summed E-state index contributed by atoms with van der Waals surface area (Å²) in [5.74, 6) is 0.908. The second kappa shape index (κ2) is 6.57. The van der Waals surface area contributed by atoms with Crippen molar-refractivity contribution < 1.29 is 9.53 Å². The van der Waals surface area contributed by atoms with Crippen molar-refractivity contribution in [2.24, 2.45) is 11.8 Å². The smallest absolute Gasteiger partial charge is 0.326 e. The summed E-state index contributed by atoms with van der Waals surface area (Å²) in [6.07, 6.45) is 12.7. The van der Waals surface area contributed by atoms with Crippen LogP contribution in [0.2, 0.25) is 0 Å². The molecular weight excluding hydrogens is 250 g/mol. The third-order valence-electron chi connectivity index (χ3n) is 4.73. The Bertz CT molecular complexity index is 398. The van der Waals surface area contributed by atoms with Crippen molar-refractivity contribution in [2.75, 3.05) is 6.61 Å². The number of esters is 1. The summed E-state index contributed by atoms with van der Waals surface area (Å²) in [5, 5.41) is 3.59. The maximum Gasteiger partial charge on any atom is 0.326 e. The zero-order valence-corrected chi connectivity index (χ0v) is 12.9. The molecule has 0 aromatic carbocycles. The molecule has 1 aliphatic heterocycles. The number of ether oxygens (including phenoxy) is 1. The van der Waals surface area contributed by atoms with Crippen molar-refractivity contribution >= 4 is 5.97 Å². The number of cyclic esters (lactones) is 1. The third-order valence-corrected chi connectivity index (χ3v) is 4.73. The van der Waals surface area contributed by atoms with E-state index in [1.807, 2.05) is 6.92 Å². The molecule has 0 amide bonds. The van der Waals surface area contributed by atoms with Crippen LogP contribution in [-0.2, 0) is 9.53 Å². The van der Waals surface area contributed by atoms with Crippen LogP contribution in [-0.4, -0.2) is 24.2 Å². The van der Waals surface area contributed by atoms with E-state index in [1.165, 1.54) is 0 Å². The molecule has 1 saturated heterocycles. The molecule has 0 spiro atoms. The maximum atomic E-state index is 12.2. The molecule has 0 aromatic rings. The van der Waals surface area contributed by atoms with Crippen LogP contribution in [0.3, 0.4) is 0 Å². The SMILES string of the molecule is CCC(CC)C[C@]1(C)N[C@@H](C2C=CC=CC2)COC1=O. The third kappa shape index (κ3) is 3.32. The van der Waals surface area contributed by atoms with Crippen LogP contribution in [0.15, 0.2) is 24.3 Å². The highest BCUT2D eigenvalue weighted by molar-refractivity contribution is 5.81. The molecule has 2 rings (SSSR count). The van der Waals surface area contributed by atoms with Gasteiger partial charge in [0.25, 0.3) is 0 Å². The summed E-state index contributed by atoms with van der Waals surface area (Å²) in [6.45, 7) is 6.87. The number of nitrogens with one attached hydrogen (secondary N) is 1. The minimum absolute atomic E-state index is 0.0871. The molecule has 1 N–H and O–H groups in total. The quantitative estimate of drug-likeness (QED) is 0.784. The first-order chi connectivity index (χ1) is 9.59. The Labute approximate surface area is 122 Å². The number of morpholine rings is 1. The number of carbonyl (C=O) groups is 1. The Balaban J connectivity index is 2.05. The molecule has 112 valence electrons. The van der Waals surface area contributed by atoms with Gasteiger partial charge in [-0.2, -0.15) is 0 Å². The minimum atomic E-state index is -0.533. The van der Waals surface area contributed by atoms with Gasteiger partial charge in [-0.05, 0) is 31.6 Å². The molecule has 0 saturated carbocycles. The van der Waals surface area contributed by atoms with E-state index in [4.69, 9.17) is 4.74 Å². The van der Waals surface area contributed by atoms with Crippen molar-refractivity contribution in [3.63, 3.8) is 0 Å². The first-order valence-electron chi connectivity index (χ1n) is 7.87. The lowest BCUT2D eigenvalue weighted by atomic mass is 9.82. The predicted molar refractivity (Wildman–Crippen MR) is 81.4 cm³/mol. The lowest BCUT2D eigenvalue weighted by Crippen LogP contribution is -2.62. The second-order valence-corrected chi connectivity index (χ2v) is 6.28. The fourth-order valence-electron chi connectivity index (χ4n) is 3.26. The second-order valence-electron chi connectivity index (χ2n) is 6.28. The van der Waals surface area contributed by atoms with E-state index in [-0.39, 0.29) is 12.0 Å². The van der Waals surface area contributed by atoms with Gasteiger partial charge in [-0.25, -0.2) is 0 Å². The highest BCUT2D eigenvalue weighted by atomic mass is 16.5. The van der Waals surface area contributed by atoms with Crippen molar-refractivity contribution in [2.45, 2.75) is 58.0 Å². The Kier molecular flexibility index (Phi) is 5.03. The molecule has 0 radical (unpaired) electrons. The monoisotopic (exact) mass is 277 g/mol. The first-order valence-corrected chi connectivity index (χ1v) is 7.87. The van der Waals surface area contributed by atoms with Crippen LogP contribution in [0.25, 0.3) is 0 Å². The lowest BCUT2D eigenvalue weighted by Gasteiger charge is -2.42. The average Bonchev–Trinajstić information content (AvgIpc) is 2.49. The Morgan fingerprint density at radius 1 is 1.40 bits per heavy atom. The molecule has 0 bridgehead atoms. The molecule has 3 heteroatoms. The molecule has 3 atom stereocenters. The van der Waals surface area contributed by atoms with Crippen LogP contribution in [0.4, 0.5) is 0 Å². The van der Waals surface area contributed by atoms with Gasteiger partial charge in [0.1, 0.15) is 12.1 Å². The van der Waals surface area contributed by atoms with Crippen molar-refractivity contribution in [1.82, 2.24) is 5.32 Å².